The molecule has 3 nitrogen and oxygen atoms in total. The van der Waals surface area contributed by atoms with Crippen molar-refractivity contribution in [2.45, 2.75) is 12.6 Å². The first-order chi connectivity index (χ1) is 8.20. The average molecular weight is 303 g/mol. The quantitative estimate of drug-likeness (QED) is 0.924. The minimum absolute atomic E-state index is 0.224. The highest BCUT2D eigenvalue weighted by Gasteiger charge is 2.22. The Bertz CT molecular complexity index is 389. The molecule has 1 aromatic carbocycles. The predicted molar refractivity (Wildman–Crippen MR) is 68.2 cm³/mol. The van der Waals surface area contributed by atoms with Crippen molar-refractivity contribution < 1.29 is 9.13 Å². The lowest BCUT2D eigenvalue weighted by Gasteiger charge is -2.35. The molecule has 1 saturated heterocycles. The largest absolute Gasteiger partial charge is 0.378 e. The van der Waals surface area contributed by atoms with Gasteiger partial charge in [-0.15, -0.1) is 0 Å². The molecular formula is C12H16BrFN2O. The lowest BCUT2D eigenvalue weighted by Crippen LogP contribution is -2.48. The summed E-state index contributed by atoms with van der Waals surface area (Å²) >= 11 is 3.39. The Labute approximate surface area is 109 Å². The van der Waals surface area contributed by atoms with Gasteiger partial charge in [-0.2, -0.15) is 0 Å². The molecule has 0 spiro atoms. The Morgan fingerprint density at radius 2 is 2.35 bits per heavy atom. The van der Waals surface area contributed by atoms with Crippen LogP contribution in [0.2, 0.25) is 0 Å². The fourth-order valence-corrected chi connectivity index (χ4v) is 2.46. The molecule has 2 rings (SSSR count). The van der Waals surface area contributed by atoms with Crippen molar-refractivity contribution in [2.24, 2.45) is 5.73 Å². The third kappa shape index (κ3) is 3.25. The van der Waals surface area contributed by atoms with Gasteiger partial charge in [-0.25, -0.2) is 4.39 Å². The van der Waals surface area contributed by atoms with Gasteiger partial charge in [0.05, 0.1) is 13.2 Å². The van der Waals surface area contributed by atoms with Crippen LogP contribution in [0.5, 0.6) is 0 Å². The molecule has 0 amide bonds. The fraction of sp³-hybridized carbons (Fsp3) is 0.500. The summed E-state index contributed by atoms with van der Waals surface area (Å²) in [5.74, 6) is -0.224. The van der Waals surface area contributed by atoms with Crippen molar-refractivity contribution in [2.75, 3.05) is 26.3 Å². The van der Waals surface area contributed by atoms with Gasteiger partial charge in [0.15, 0.2) is 0 Å². The molecule has 0 aromatic heterocycles. The van der Waals surface area contributed by atoms with Crippen molar-refractivity contribution >= 4 is 15.9 Å². The van der Waals surface area contributed by atoms with E-state index in [1.165, 1.54) is 12.1 Å². The maximum Gasteiger partial charge on any atom is 0.124 e. The van der Waals surface area contributed by atoms with Crippen LogP contribution in [0.25, 0.3) is 0 Å². The van der Waals surface area contributed by atoms with Gasteiger partial charge in [-0.3, -0.25) is 4.90 Å². The molecule has 0 aliphatic carbocycles. The molecule has 1 atom stereocenters. The second-order valence-corrected chi connectivity index (χ2v) is 5.02. The first kappa shape index (κ1) is 13.0. The molecule has 5 heteroatoms. The van der Waals surface area contributed by atoms with E-state index in [2.05, 4.69) is 20.8 Å². The van der Waals surface area contributed by atoms with Crippen molar-refractivity contribution in [1.82, 2.24) is 4.90 Å². The number of hydrogen-bond acceptors (Lipinski definition) is 3. The monoisotopic (exact) mass is 302 g/mol. The molecule has 1 aliphatic rings. The van der Waals surface area contributed by atoms with Crippen molar-refractivity contribution in [3.8, 4) is 0 Å². The third-order valence-electron chi connectivity index (χ3n) is 3.01. The first-order valence-electron chi connectivity index (χ1n) is 5.66. The van der Waals surface area contributed by atoms with Crippen LogP contribution < -0.4 is 5.73 Å². The zero-order chi connectivity index (χ0) is 12.3. The summed E-state index contributed by atoms with van der Waals surface area (Å²) in [6, 6.07) is 5.04. The van der Waals surface area contributed by atoms with E-state index in [9.17, 15) is 4.39 Å². The van der Waals surface area contributed by atoms with Crippen LogP contribution in [-0.4, -0.2) is 37.2 Å². The number of benzene rings is 1. The van der Waals surface area contributed by atoms with Gasteiger partial charge in [0.2, 0.25) is 0 Å². The zero-order valence-corrected chi connectivity index (χ0v) is 11.1. The molecule has 1 aliphatic heterocycles. The minimum Gasteiger partial charge on any atom is -0.378 e. The molecule has 1 heterocycles. The van der Waals surface area contributed by atoms with Crippen LogP contribution in [0.4, 0.5) is 4.39 Å². The normalized spacial score (nSPS) is 21.7. The molecule has 0 bridgehead atoms. The minimum atomic E-state index is -0.224. The molecule has 1 fully saturated rings. The van der Waals surface area contributed by atoms with Crippen LogP contribution in [0.3, 0.4) is 0 Å². The Hall–Kier alpha value is -0.490. The van der Waals surface area contributed by atoms with Gasteiger partial charge in [0, 0.05) is 30.1 Å². The van der Waals surface area contributed by atoms with Crippen LogP contribution in [0.15, 0.2) is 22.7 Å². The summed E-state index contributed by atoms with van der Waals surface area (Å²) in [6.07, 6.45) is 0. The van der Waals surface area contributed by atoms with E-state index in [0.29, 0.717) is 13.2 Å². The fourth-order valence-electron chi connectivity index (χ4n) is 1.98. The molecule has 0 saturated carbocycles. The Kier molecular flexibility index (Phi) is 4.50. The van der Waals surface area contributed by atoms with Crippen LogP contribution in [-0.2, 0) is 11.3 Å². The van der Waals surface area contributed by atoms with Gasteiger partial charge in [0.1, 0.15) is 5.82 Å². The number of hydrogen-bond donors (Lipinski definition) is 1. The molecular weight excluding hydrogens is 287 g/mol. The van der Waals surface area contributed by atoms with Gasteiger partial charge in [-0.1, -0.05) is 22.0 Å². The highest BCUT2D eigenvalue weighted by atomic mass is 79.9. The number of halogens is 2. The maximum absolute atomic E-state index is 13.0. The second-order valence-electron chi connectivity index (χ2n) is 4.17. The topological polar surface area (TPSA) is 38.5 Å². The van der Waals surface area contributed by atoms with E-state index < -0.39 is 0 Å². The lowest BCUT2D eigenvalue weighted by molar-refractivity contribution is -0.00802. The standard InChI is InChI=1S/C12H16BrFN2O/c13-12-5-10(14)2-1-9(12)7-16-3-4-17-8-11(16)6-15/h1-2,5,11H,3-4,6-8,15H2. The van der Waals surface area contributed by atoms with Crippen molar-refractivity contribution in [1.29, 1.82) is 0 Å². The van der Waals surface area contributed by atoms with Crippen molar-refractivity contribution in [3.05, 3.63) is 34.1 Å². The molecule has 0 radical (unpaired) electrons. The number of rotatable bonds is 3. The number of morpholine rings is 1. The van der Waals surface area contributed by atoms with E-state index in [0.717, 1.165) is 29.7 Å². The lowest BCUT2D eigenvalue weighted by atomic mass is 10.1. The van der Waals surface area contributed by atoms with E-state index in [-0.39, 0.29) is 11.9 Å². The smallest absolute Gasteiger partial charge is 0.124 e. The van der Waals surface area contributed by atoms with E-state index >= 15 is 0 Å². The highest BCUT2D eigenvalue weighted by molar-refractivity contribution is 9.10. The first-order valence-corrected chi connectivity index (χ1v) is 6.46. The van der Waals surface area contributed by atoms with Crippen LogP contribution in [0.1, 0.15) is 5.56 Å². The zero-order valence-electron chi connectivity index (χ0n) is 9.53. The SMILES string of the molecule is NCC1COCCN1Cc1ccc(F)cc1Br. The van der Waals surface area contributed by atoms with Crippen LogP contribution in [0, 0.1) is 5.82 Å². The second kappa shape index (κ2) is 5.91. The summed E-state index contributed by atoms with van der Waals surface area (Å²) in [6.45, 7) is 3.63. The van der Waals surface area contributed by atoms with E-state index in [4.69, 9.17) is 10.5 Å². The van der Waals surface area contributed by atoms with Gasteiger partial charge < -0.3 is 10.5 Å². The average Bonchev–Trinajstić information content (AvgIpc) is 2.33. The number of ether oxygens (including phenoxy) is 1. The summed E-state index contributed by atoms with van der Waals surface area (Å²) in [5, 5.41) is 0. The summed E-state index contributed by atoms with van der Waals surface area (Å²) < 4.78 is 19.2. The van der Waals surface area contributed by atoms with Gasteiger partial charge >= 0.3 is 0 Å². The molecule has 1 aromatic rings. The van der Waals surface area contributed by atoms with Crippen molar-refractivity contribution in [3.63, 3.8) is 0 Å². The van der Waals surface area contributed by atoms with E-state index in [1.54, 1.807) is 0 Å². The third-order valence-corrected chi connectivity index (χ3v) is 3.75. The Balaban J connectivity index is 2.08. The van der Waals surface area contributed by atoms with Crippen LogP contribution >= 0.6 is 15.9 Å². The number of nitrogens with zero attached hydrogens (tertiary/aromatic N) is 1. The molecule has 1 unspecified atom stereocenters. The summed E-state index contributed by atoms with van der Waals surface area (Å²) in [4.78, 5) is 2.28. The van der Waals surface area contributed by atoms with Gasteiger partial charge in [-0.05, 0) is 17.7 Å². The highest BCUT2D eigenvalue weighted by Crippen LogP contribution is 2.21. The molecule has 94 valence electrons. The Morgan fingerprint density at radius 3 is 3.06 bits per heavy atom. The summed E-state index contributed by atoms with van der Waals surface area (Å²) in [7, 11) is 0. The Morgan fingerprint density at radius 1 is 1.53 bits per heavy atom. The number of nitrogens with two attached hydrogens (primary N) is 1. The maximum atomic E-state index is 13.0. The predicted octanol–water partition coefficient (Wildman–Crippen LogP) is 1.75. The van der Waals surface area contributed by atoms with Gasteiger partial charge in [0.25, 0.3) is 0 Å². The molecule has 2 N–H and O–H groups in total. The summed E-state index contributed by atoms with van der Waals surface area (Å²) in [5.41, 5.74) is 6.79. The van der Waals surface area contributed by atoms with E-state index in [1.807, 2.05) is 6.07 Å². The molecule has 17 heavy (non-hydrogen) atoms.